The van der Waals surface area contributed by atoms with Crippen LogP contribution in [0.5, 0.6) is 0 Å². The van der Waals surface area contributed by atoms with Crippen LogP contribution in [0.2, 0.25) is 0 Å². The van der Waals surface area contributed by atoms with Crippen molar-refractivity contribution >= 4 is 0 Å². The van der Waals surface area contributed by atoms with Gasteiger partial charge >= 0.3 is 0 Å². The van der Waals surface area contributed by atoms with Gasteiger partial charge in [0.05, 0.1) is 0 Å². The quantitative estimate of drug-likeness (QED) is 0.747. The lowest BCUT2D eigenvalue weighted by atomic mass is 10.1. The van der Waals surface area contributed by atoms with Crippen molar-refractivity contribution in [1.29, 1.82) is 0 Å². The normalized spacial score (nSPS) is 26.1. The Hall–Kier alpha value is -0.0800. The fourth-order valence-corrected chi connectivity index (χ4v) is 2.00. The Labute approximate surface area is 89.1 Å². The van der Waals surface area contributed by atoms with E-state index >= 15 is 0 Å². The predicted octanol–water partition coefficient (Wildman–Crippen LogP) is 2.11. The van der Waals surface area contributed by atoms with Gasteiger partial charge in [-0.25, -0.2) is 0 Å². The van der Waals surface area contributed by atoms with Crippen LogP contribution < -0.4 is 5.32 Å². The molecule has 1 aliphatic heterocycles. The van der Waals surface area contributed by atoms with Crippen LogP contribution in [0.1, 0.15) is 40.0 Å². The largest absolute Gasteiger partial charge is 0.313 e. The summed E-state index contributed by atoms with van der Waals surface area (Å²) in [5.74, 6) is 0.837. The Morgan fingerprint density at radius 1 is 1.36 bits per heavy atom. The van der Waals surface area contributed by atoms with Crippen LogP contribution >= 0.6 is 0 Å². The van der Waals surface area contributed by atoms with Crippen molar-refractivity contribution in [2.75, 3.05) is 26.2 Å². The van der Waals surface area contributed by atoms with Gasteiger partial charge in [0.1, 0.15) is 0 Å². The van der Waals surface area contributed by atoms with Crippen LogP contribution in [0.4, 0.5) is 0 Å². The first-order valence-corrected chi connectivity index (χ1v) is 6.14. The van der Waals surface area contributed by atoms with Crippen LogP contribution in [-0.2, 0) is 0 Å². The van der Waals surface area contributed by atoms with Crippen molar-refractivity contribution < 1.29 is 0 Å². The van der Waals surface area contributed by atoms with Crippen LogP contribution in [0, 0.1) is 5.92 Å². The topological polar surface area (TPSA) is 15.3 Å². The summed E-state index contributed by atoms with van der Waals surface area (Å²) in [6.07, 6.45) is 4.03. The van der Waals surface area contributed by atoms with E-state index in [1.54, 1.807) is 0 Å². The molecule has 0 aromatic carbocycles. The molecule has 1 heterocycles. The zero-order chi connectivity index (χ0) is 10.4. The van der Waals surface area contributed by atoms with Gasteiger partial charge in [-0.15, -0.1) is 0 Å². The maximum atomic E-state index is 3.56. The van der Waals surface area contributed by atoms with Gasteiger partial charge in [-0.2, -0.15) is 0 Å². The van der Waals surface area contributed by atoms with Gasteiger partial charge < -0.3 is 10.2 Å². The number of nitrogens with one attached hydrogen (secondary N) is 1. The standard InChI is InChI=1S/C12H26N2/c1-11(2)6-9-14-8-5-4-7-13-12(3)10-14/h11-13H,4-10H2,1-3H3. The van der Waals surface area contributed by atoms with Gasteiger partial charge in [-0.05, 0) is 51.7 Å². The molecule has 1 atom stereocenters. The lowest BCUT2D eigenvalue weighted by Gasteiger charge is -2.29. The highest BCUT2D eigenvalue weighted by atomic mass is 15.1. The Balaban J connectivity index is 2.25. The second-order valence-corrected chi connectivity index (χ2v) is 5.05. The number of nitrogens with zero attached hydrogens (tertiary/aromatic N) is 1. The van der Waals surface area contributed by atoms with Gasteiger partial charge in [0.15, 0.2) is 0 Å². The van der Waals surface area contributed by atoms with Crippen molar-refractivity contribution in [3.05, 3.63) is 0 Å². The van der Waals surface area contributed by atoms with Crippen LogP contribution in [-0.4, -0.2) is 37.1 Å². The number of hydrogen-bond acceptors (Lipinski definition) is 2. The second kappa shape index (κ2) is 6.41. The molecule has 2 nitrogen and oxygen atoms in total. The third-order valence-corrected chi connectivity index (χ3v) is 2.95. The fraction of sp³-hybridized carbons (Fsp3) is 1.00. The van der Waals surface area contributed by atoms with Gasteiger partial charge in [-0.1, -0.05) is 13.8 Å². The van der Waals surface area contributed by atoms with Crippen molar-refractivity contribution in [2.24, 2.45) is 5.92 Å². The molecule has 84 valence electrons. The molecule has 1 rings (SSSR count). The monoisotopic (exact) mass is 198 g/mol. The summed E-state index contributed by atoms with van der Waals surface area (Å²) in [6.45, 7) is 11.9. The van der Waals surface area contributed by atoms with Gasteiger partial charge in [0.2, 0.25) is 0 Å². The Morgan fingerprint density at radius 3 is 2.86 bits per heavy atom. The smallest absolute Gasteiger partial charge is 0.0166 e. The summed E-state index contributed by atoms with van der Waals surface area (Å²) < 4.78 is 0. The zero-order valence-corrected chi connectivity index (χ0v) is 10.1. The molecular formula is C12H26N2. The minimum absolute atomic E-state index is 0.669. The minimum atomic E-state index is 0.669. The van der Waals surface area contributed by atoms with E-state index in [2.05, 4.69) is 31.0 Å². The van der Waals surface area contributed by atoms with Crippen molar-refractivity contribution in [3.63, 3.8) is 0 Å². The Morgan fingerprint density at radius 2 is 2.14 bits per heavy atom. The lowest BCUT2D eigenvalue weighted by molar-refractivity contribution is 0.216. The first kappa shape index (κ1) is 12.0. The number of hydrogen-bond donors (Lipinski definition) is 1. The molecule has 0 amide bonds. The Kier molecular flexibility index (Phi) is 5.49. The molecule has 0 aliphatic carbocycles. The van der Waals surface area contributed by atoms with E-state index in [-0.39, 0.29) is 0 Å². The Bertz CT molecular complexity index is 145. The van der Waals surface area contributed by atoms with E-state index in [4.69, 9.17) is 0 Å². The molecule has 2 heteroatoms. The third-order valence-electron chi connectivity index (χ3n) is 2.95. The molecule has 0 aromatic heterocycles. The average Bonchev–Trinajstić information content (AvgIpc) is 2.08. The fourth-order valence-electron chi connectivity index (χ4n) is 2.00. The van der Waals surface area contributed by atoms with Gasteiger partial charge in [0, 0.05) is 12.6 Å². The highest BCUT2D eigenvalue weighted by molar-refractivity contribution is 4.71. The molecule has 1 unspecified atom stereocenters. The van der Waals surface area contributed by atoms with E-state index in [9.17, 15) is 0 Å². The maximum absolute atomic E-state index is 3.56. The molecule has 0 saturated carbocycles. The molecular weight excluding hydrogens is 172 g/mol. The molecule has 1 fully saturated rings. The van der Waals surface area contributed by atoms with E-state index in [1.807, 2.05) is 0 Å². The van der Waals surface area contributed by atoms with Crippen LogP contribution in [0.15, 0.2) is 0 Å². The minimum Gasteiger partial charge on any atom is -0.313 e. The number of rotatable bonds is 3. The molecule has 1 saturated heterocycles. The lowest BCUT2D eigenvalue weighted by Crippen LogP contribution is -2.42. The average molecular weight is 198 g/mol. The van der Waals surface area contributed by atoms with E-state index < -0.39 is 0 Å². The van der Waals surface area contributed by atoms with Gasteiger partial charge in [0.25, 0.3) is 0 Å². The highest BCUT2D eigenvalue weighted by Crippen LogP contribution is 2.06. The van der Waals surface area contributed by atoms with E-state index in [0.29, 0.717) is 6.04 Å². The van der Waals surface area contributed by atoms with E-state index in [1.165, 1.54) is 45.4 Å². The summed E-state index contributed by atoms with van der Waals surface area (Å²) in [5.41, 5.74) is 0. The van der Waals surface area contributed by atoms with Gasteiger partial charge in [-0.3, -0.25) is 0 Å². The van der Waals surface area contributed by atoms with Crippen molar-refractivity contribution in [2.45, 2.75) is 46.1 Å². The SMILES string of the molecule is CC(C)CCN1CCCCNC(C)C1. The molecule has 0 bridgehead atoms. The first-order chi connectivity index (χ1) is 6.68. The van der Waals surface area contributed by atoms with Crippen molar-refractivity contribution in [3.8, 4) is 0 Å². The molecule has 0 aromatic rings. The van der Waals surface area contributed by atoms with Crippen LogP contribution in [0.3, 0.4) is 0 Å². The predicted molar refractivity (Wildman–Crippen MR) is 62.6 cm³/mol. The molecule has 1 N–H and O–H groups in total. The molecule has 14 heavy (non-hydrogen) atoms. The second-order valence-electron chi connectivity index (χ2n) is 5.05. The zero-order valence-electron chi connectivity index (χ0n) is 10.1. The molecule has 1 aliphatic rings. The molecule has 0 radical (unpaired) electrons. The van der Waals surface area contributed by atoms with Crippen molar-refractivity contribution in [1.82, 2.24) is 10.2 Å². The summed E-state index contributed by atoms with van der Waals surface area (Å²) >= 11 is 0. The molecule has 0 spiro atoms. The van der Waals surface area contributed by atoms with Crippen LogP contribution in [0.25, 0.3) is 0 Å². The summed E-state index contributed by atoms with van der Waals surface area (Å²) in [6, 6.07) is 0.669. The van der Waals surface area contributed by atoms with E-state index in [0.717, 1.165) is 5.92 Å². The first-order valence-electron chi connectivity index (χ1n) is 6.14. The highest BCUT2D eigenvalue weighted by Gasteiger charge is 2.12. The summed E-state index contributed by atoms with van der Waals surface area (Å²) in [7, 11) is 0. The third kappa shape index (κ3) is 4.97. The summed E-state index contributed by atoms with van der Waals surface area (Å²) in [4.78, 5) is 2.62. The summed E-state index contributed by atoms with van der Waals surface area (Å²) in [5, 5.41) is 3.56. The maximum Gasteiger partial charge on any atom is 0.0166 e.